The van der Waals surface area contributed by atoms with Crippen molar-refractivity contribution in [2.45, 2.75) is 44.8 Å². The zero-order valence-electron chi connectivity index (χ0n) is 15.8. The average molecular weight is 385 g/mol. The number of rotatable bonds is 7. The normalized spacial score (nSPS) is 15.1. The quantitative estimate of drug-likeness (QED) is 0.754. The molecule has 3 rings (SSSR count). The van der Waals surface area contributed by atoms with Crippen LogP contribution in [0.25, 0.3) is 0 Å². The number of carbonyl (C=O) groups is 2. The molecule has 0 spiro atoms. The number of hydrogen-bond acceptors (Lipinski definition) is 6. The van der Waals surface area contributed by atoms with Gasteiger partial charge in [0.25, 0.3) is 5.91 Å². The van der Waals surface area contributed by atoms with Crippen LogP contribution in [0.2, 0.25) is 0 Å². The molecule has 1 heterocycles. The molecule has 1 aromatic heterocycles. The van der Waals surface area contributed by atoms with Gasteiger partial charge in [0.1, 0.15) is 5.69 Å². The molecule has 1 fully saturated rings. The van der Waals surface area contributed by atoms with E-state index < -0.39 is 11.9 Å². The summed E-state index contributed by atoms with van der Waals surface area (Å²) >= 11 is 0. The summed E-state index contributed by atoms with van der Waals surface area (Å²) in [5, 5.41) is 11.7. The molecule has 2 aromatic rings. The van der Waals surface area contributed by atoms with E-state index in [0.29, 0.717) is 11.5 Å². The number of nitrogens with one attached hydrogen (secondary N) is 1. The van der Waals surface area contributed by atoms with Gasteiger partial charge >= 0.3 is 5.97 Å². The molecule has 1 amide bonds. The minimum atomic E-state index is -1.19. The predicted octanol–water partition coefficient (Wildman–Crippen LogP) is 3.00. The second-order valence-corrected chi connectivity index (χ2v) is 6.72. The Balaban J connectivity index is 1.68. The number of carbonyl (C=O) groups excluding carboxylic acids is 1. The fourth-order valence-corrected chi connectivity index (χ4v) is 3.15. The van der Waals surface area contributed by atoms with Crippen LogP contribution in [0.4, 0.5) is 0 Å². The molecule has 0 saturated heterocycles. The Bertz CT molecular complexity index is 847. The zero-order chi connectivity index (χ0) is 20.1. The number of carboxylic acid groups (broad SMARTS) is 1. The highest BCUT2D eigenvalue weighted by Crippen LogP contribution is 2.33. The SMILES string of the molecule is COc1cc(C(C)NC(=O)c2cnc(C(=O)O)cn2)ccc1OC1CCCC1. The van der Waals surface area contributed by atoms with E-state index in [2.05, 4.69) is 15.3 Å². The maximum atomic E-state index is 12.3. The van der Waals surface area contributed by atoms with Gasteiger partial charge < -0.3 is 19.9 Å². The molecular formula is C20H23N3O5. The van der Waals surface area contributed by atoms with Crippen LogP contribution in [-0.2, 0) is 0 Å². The lowest BCUT2D eigenvalue weighted by Gasteiger charge is -2.19. The minimum absolute atomic E-state index is 0.0463. The number of nitrogens with zero attached hydrogens (tertiary/aromatic N) is 2. The largest absolute Gasteiger partial charge is 0.493 e. The molecule has 0 bridgehead atoms. The first-order valence-electron chi connectivity index (χ1n) is 9.18. The van der Waals surface area contributed by atoms with E-state index in [1.807, 2.05) is 25.1 Å². The van der Waals surface area contributed by atoms with Crippen molar-refractivity contribution in [3.63, 3.8) is 0 Å². The number of benzene rings is 1. The van der Waals surface area contributed by atoms with Gasteiger partial charge in [-0.25, -0.2) is 14.8 Å². The Morgan fingerprint density at radius 2 is 1.82 bits per heavy atom. The molecule has 148 valence electrons. The van der Waals surface area contributed by atoms with E-state index in [1.165, 1.54) is 12.8 Å². The summed E-state index contributed by atoms with van der Waals surface area (Å²) in [6.45, 7) is 1.84. The molecule has 8 heteroatoms. The third kappa shape index (κ3) is 4.57. The minimum Gasteiger partial charge on any atom is -0.493 e. The second kappa shape index (κ2) is 8.69. The highest BCUT2D eigenvalue weighted by Gasteiger charge is 2.20. The first-order chi connectivity index (χ1) is 13.5. The second-order valence-electron chi connectivity index (χ2n) is 6.72. The van der Waals surface area contributed by atoms with Gasteiger partial charge in [0, 0.05) is 0 Å². The van der Waals surface area contributed by atoms with Crippen molar-refractivity contribution in [3.05, 3.63) is 47.5 Å². The first kappa shape index (κ1) is 19.6. The molecule has 0 aliphatic heterocycles. The molecular weight excluding hydrogens is 362 g/mol. The molecule has 28 heavy (non-hydrogen) atoms. The van der Waals surface area contributed by atoms with Crippen molar-refractivity contribution < 1.29 is 24.2 Å². The van der Waals surface area contributed by atoms with Crippen LogP contribution in [0.15, 0.2) is 30.6 Å². The van der Waals surface area contributed by atoms with Gasteiger partial charge in [0.2, 0.25) is 0 Å². The third-order valence-corrected chi connectivity index (χ3v) is 4.73. The monoisotopic (exact) mass is 385 g/mol. The molecule has 1 aliphatic carbocycles. The number of amides is 1. The lowest BCUT2D eigenvalue weighted by atomic mass is 10.1. The van der Waals surface area contributed by atoms with Crippen LogP contribution >= 0.6 is 0 Å². The molecule has 0 radical (unpaired) electrons. The van der Waals surface area contributed by atoms with E-state index >= 15 is 0 Å². The van der Waals surface area contributed by atoms with Crippen LogP contribution in [0, 0.1) is 0 Å². The Morgan fingerprint density at radius 3 is 2.43 bits per heavy atom. The molecule has 1 aromatic carbocycles. The predicted molar refractivity (Wildman–Crippen MR) is 101 cm³/mol. The molecule has 1 saturated carbocycles. The summed E-state index contributed by atoms with van der Waals surface area (Å²) in [4.78, 5) is 30.7. The van der Waals surface area contributed by atoms with Crippen molar-refractivity contribution >= 4 is 11.9 Å². The molecule has 2 N–H and O–H groups in total. The topological polar surface area (TPSA) is 111 Å². The number of aromatic carboxylic acids is 1. The number of aromatic nitrogens is 2. The van der Waals surface area contributed by atoms with Crippen LogP contribution in [-0.4, -0.2) is 40.2 Å². The smallest absolute Gasteiger partial charge is 0.356 e. The Hall–Kier alpha value is -3.16. The number of hydrogen-bond donors (Lipinski definition) is 2. The summed E-state index contributed by atoms with van der Waals surface area (Å²) in [6.07, 6.45) is 6.90. The van der Waals surface area contributed by atoms with Crippen molar-refractivity contribution in [3.8, 4) is 11.5 Å². The molecule has 1 unspecified atom stereocenters. The molecule has 1 aliphatic rings. The molecule has 1 atom stereocenters. The van der Waals surface area contributed by atoms with Crippen LogP contribution < -0.4 is 14.8 Å². The summed E-state index contributed by atoms with van der Waals surface area (Å²) in [7, 11) is 1.59. The van der Waals surface area contributed by atoms with Gasteiger partial charge in [-0.3, -0.25) is 4.79 Å². The summed E-state index contributed by atoms with van der Waals surface area (Å²) < 4.78 is 11.5. The number of carboxylic acids is 1. The lowest BCUT2D eigenvalue weighted by Crippen LogP contribution is -2.27. The van der Waals surface area contributed by atoms with Gasteiger partial charge in [-0.05, 0) is 50.3 Å². The maximum absolute atomic E-state index is 12.3. The van der Waals surface area contributed by atoms with Crippen LogP contribution in [0.5, 0.6) is 11.5 Å². The number of methoxy groups -OCH3 is 1. The summed E-state index contributed by atoms with van der Waals surface area (Å²) in [5.74, 6) is -0.315. The molecule has 8 nitrogen and oxygen atoms in total. The maximum Gasteiger partial charge on any atom is 0.356 e. The van der Waals surface area contributed by atoms with Crippen molar-refractivity contribution in [2.24, 2.45) is 0 Å². The Morgan fingerprint density at radius 1 is 1.14 bits per heavy atom. The van der Waals surface area contributed by atoms with Gasteiger partial charge in [0.05, 0.1) is 31.6 Å². The standard InChI is InChI=1S/C20H23N3O5/c1-12(23-19(24)15-10-22-16(11-21-15)20(25)26)13-7-8-17(18(9-13)27-2)28-14-5-3-4-6-14/h7-12,14H,3-6H2,1-2H3,(H,23,24)(H,25,26). The van der Waals surface area contributed by atoms with Gasteiger partial charge in [-0.1, -0.05) is 6.07 Å². The zero-order valence-corrected chi connectivity index (χ0v) is 15.8. The van der Waals surface area contributed by atoms with E-state index in [9.17, 15) is 9.59 Å². The van der Waals surface area contributed by atoms with E-state index in [4.69, 9.17) is 14.6 Å². The van der Waals surface area contributed by atoms with E-state index in [0.717, 1.165) is 30.8 Å². The summed E-state index contributed by atoms with van der Waals surface area (Å²) in [5.41, 5.74) is 0.677. The first-order valence-corrected chi connectivity index (χ1v) is 9.18. The van der Waals surface area contributed by atoms with Crippen molar-refractivity contribution in [1.29, 1.82) is 0 Å². The van der Waals surface area contributed by atoms with Crippen LogP contribution in [0.1, 0.15) is 65.2 Å². The highest BCUT2D eigenvalue weighted by molar-refractivity contribution is 5.93. The van der Waals surface area contributed by atoms with Crippen molar-refractivity contribution in [1.82, 2.24) is 15.3 Å². The average Bonchev–Trinajstić information content (AvgIpc) is 3.21. The fourth-order valence-electron chi connectivity index (χ4n) is 3.15. The van der Waals surface area contributed by atoms with Crippen molar-refractivity contribution in [2.75, 3.05) is 7.11 Å². The lowest BCUT2D eigenvalue weighted by molar-refractivity contribution is 0.0689. The van der Waals surface area contributed by atoms with Gasteiger partial charge in [-0.2, -0.15) is 0 Å². The summed E-state index contributed by atoms with van der Waals surface area (Å²) in [6, 6.07) is 5.27. The number of ether oxygens (including phenoxy) is 2. The fraction of sp³-hybridized carbons (Fsp3) is 0.400. The Kier molecular flexibility index (Phi) is 6.08. The van der Waals surface area contributed by atoms with Crippen LogP contribution in [0.3, 0.4) is 0 Å². The van der Waals surface area contributed by atoms with E-state index in [1.54, 1.807) is 7.11 Å². The van der Waals surface area contributed by atoms with Gasteiger partial charge in [-0.15, -0.1) is 0 Å². The Labute approximate surface area is 162 Å². The van der Waals surface area contributed by atoms with E-state index in [-0.39, 0.29) is 23.5 Å². The highest BCUT2D eigenvalue weighted by atomic mass is 16.5. The van der Waals surface area contributed by atoms with Gasteiger partial charge in [0.15, 0.2) is 17.2 Å². The third-order valence-electron chi connectivity index (χ3n) is 4.73.